The quantitative estimate of drug-likeness (QED) is 0.686. The lowest BCUT2D eigenvalue weighted by Crippen LogP contribution is -2.57. The number of carbonyl (C=O) groups excluding carboxylic acids is 2. The fourth-order valence-corrected chi connectivity index (χ4v) is 3.68. The first-order chi connectivity index (χ1) is 13.5. The molecule has 2 amide bonds. The van der Waals surface area contributed by atoms with Crippen molar-refractivity contribution >= 4 is 28.4 Å². The molecule has 28 heavy (non-hydrogen) atoms. The number of hydrogen-bond acceptors (Lipinski definition) is 3. The molecule has 2 heterocycles. The molecule has 1 atom stereocenters. The van der Waals surface area contributed by atoms with Crippen molar-refractivity contribution in [1.29, 1.82) is 0 Å². The summed E-state index contributed by atoms with van der Waals surface area (Å²) in [7, 11) is 0. The third-order valence-electron chi connectivity index (χ3n) is 5.11. The zero-order valence-corrected chi connectivity index (χ0v) is 15.7. The third kappa shape index (κ3) is 3.11. The van der Waals surface area contributed by atoms with Gasteiger partial charge in [0.2, 0.25) is 5.91 Å². The lowest BCUT2D eigenvalue weighted by molar-refractivity contribution is -0.124. The van der Waals surface area contributed by atoms with Gasteiger partial charge in [0.1, 0.15) is 11.9 Å². The van der Waals surface area contributed by atoms with Crippen molar-refractivity contribution in [3.05, 3.63) is 71.7 Å². The lowest BCUT2D eigenvalue weighted by atomic mass is 10.0. The van der Waals surface area contributed by atoms with Crippen LogP contribution in [-0.2, 0) is 4.79 Å². The van der Waals surface area contributed by atoms with Crippen molar-refractivity contribution in [2.24, 2.45) is 0 Å². The summed E-state index contributed by atoms with van der Waals surface area (Å²) in [6, 6.07) is 14.7. The predicted octanol–water partition coefficient (Wildman–Crippen LogP) is 3.56. The Kier molecular flexibility index (Phi) is 4.55. The summed E-state index contributed by atoms with van der Waals surface area (Å²) < 4.78 is 13.6. The number of aromatic nitrogens is 1. The van der Waals surface area contributed by atoms with Crippen LogP contribution in [0.5, 0.6) is 0 Å². The Balaban J connectivity index is 1.66. The summed E-state index contributed by atoms with van der Waals surface area (Å²) in [5.74, 6) is -0.758. The number of nitrogens with zero attached hydrogens (tertiary/aromatic N) is 3. The van der Waals surface area contributed by atoms with Crippen molar-refractivity contribution in [1.82, 2.24) is 9.88 Å². The number of rotatable bonds is 2. The number of carbonyl (C=O) groups is 2. The minimum atomic E-state index is -0.592. The fraction of sp³-hybridized carbons (Fsp3) is 0.227. The van der Waals surface area contributed by atoms with Crippen molar-refractivity contribution in [2.45, 2.75) is 19.9 Å². The van der Waals surface area contributed by atoms with Gasteiger partial charge < -0.3 is 9.80 Å². The molecule has 5 nitrogen and oxygen atoms in total. The first-order valence-corrected chi connectivity index (χ1v) is 9.20. The van der Waals surface area contributed by atoms with Crippen molar-refractivity contribution in [2.75, 3.05) is 18.0 Å². The molecular weight excluding hydrogens is 357 g/mol. The van der Waals surface area contributed by atoms with Gasteiger partial charge in [-0.3, -0.25) is 14.6 Å². The highest BCUT2D eigenvalue weighted by molar-refractivity contribution is 6.09. The van der Waals surface area contributed by atoms with Crippen LogP contribution in [0.3, 0.4) is 0 Å². The molecule has 0 N–H and O–H groups in total. The first kappa shape index (κ1) is 18.1. The summed E-state index contributed by atoms with van der Waals surface area (Å²) in [5, 5.41) is 0.585. The Labute approximate surface area is 162 Å². The molecule has 0 aliphatic carbocycles. The second-order valence-corrected chi connectivity index (χ2v) is 6.97. The zero-order valence-electron chi connectivity index (χ0n) is 15.7. The number of para-hydroxylation sites is 1. The second-order valence-electron chi connectivity index (χ2n) is 6.97. The normalized spacial score (nSPS) is 17.2. The number of pyridine rings is 1. The summed E-state index contributed by atoms with van der Waals surface area (Å²) >= 11 is 0. The van der Waals surface area contributed by atoms with E-state index in [0.717, 1.165) is 5.69 Å². The summed E-state index contributed by atoms with van der Waals surface area (Å²) in [5.41, 5.74) is 2.33. The highest BCUT2D eigenvalue weighted by Gasteiger charge is 2.35. The van der Waals surface area contributed by atoms with E-state index in [1.807, 2.05) is 30.3 Å². The smallest absolute Gasteiger partial charge is 0.255 e. The van der Waals surface area contributed by atoms with Crippen LogP contribution in [0.25, 0.3) is 10.9 Å². The number of amides is 2. The maximum Gasteiger partial charge on any atom is 0.255 e. The van der Waals surface area contributed by atoms with Crippen LogP contribution < -0.4 is 4.90 Å². The van der Waals surface area contributed by atoms with Gasteiger partial charge in [-0.1, -0.05) is 18.2 Å². The van der Waals surface area contributed by atoms with Crippen LogP contribution in [0.2, 0.25) is 0 Å². The largest absolute Gasteiger partial charge is 0.325 e. The monoisotopic (exact) mass is 377 g/mol. The van der Waals surface area contributed by atoms with E-state index < -0.39 is 11.9 Å². The number of benzene rings is 2. The molecule has 1 aliphatic rings. The van der Waals surface area contributed by atoms with Crippen molar-refractivity contribution in [3.63, 3.8) is 0 Å². The van der Waals surface area contributed by atoms with Gasteiger partial charge in [-0.05, 0) is 44.2 Å². The molecule has 1 fully saturated rings. The molecule has 1 aromatic heterocycles. The highest BCUT2D eigenvalue weighted by Crippen LogP contribution is 2.25. The van der Waals surface area contributed by atoms with Crippen LogP contribution in [0.4, 0.5) is 10.1 Å². The molecule has 4 rings (SSSR count). The number of halogens is 1. The summed E-state index contributed by atoms with van der Waals surface area (Å²) in [6.07, 6.45) is 0. The Morgan fingerprint density at radius 2 is 1.86 bits per heavy atom. The Morgan fingerprint density at radius 1 is 1.11 bits per heavy atom. The molecule has 0 spiro atoms. The number of hydrogen-bond donors (Lipinski definition) is 0. The van der Waals surface area contributed by atoms with Crippen LogP contribution in [0.15, 0.2) is 54.6 Å². The standard InChI is InChI=1S/C22H20FN3O2/c1-14-12-19(18-9-8-16(23)13-20(18)24-14)22(28)25-10-11-26(21(27)15(25)2)17-6-4-3-5-7-17/h3-9,12-13,15H,10-11H2,1-2H3/t15-/m0/s1. The Morgan fingerprint density at radius 3 is 2.61 bits per heavy atom. The van der Waals surface area contributed by atoms with Gasteiger partial charge in [-0.2, -0.15) is 0 Å². The van der Waals surface area contributed by atoms with Gasteiger partial charge in [0.15, 0.2) is 0 Å². The van der Waals surface area contributed by atoms with E-state index in [1.54, 1.807) is 35.8 Å². The minimum Gasteiger partial charge on any atom is -0.325 e. The molecule has 0 radical (unpaired) electrons. The van der Waals surface area contributed by atoms with E-state index in [-0.39, 0.29) is 11.8 Å². The molecule has 1 aliphatic heterocycles. The highest BCUT2D eigenvalue weighted by atomic mass is 19.1. The maximum atomic E-state index is 13.6. The maximum absolute atomic E-state index is 13.6. The Bertz CT molecular complexity index is 1060. The van der Waals surface area contributed by atoms with Gasteiger partial charge in [-0.15, -0.1) is 0 Å². The van der Waals surface area contributed by atoms with Gasteiger partial charge >= 0.3 is 0 Å². The number of fused-ring (bicyclic) bond motifs is 1. The number of aryl methyl sites for hydroxylation is 1. The minimum absolute atomic E-state index is 0.119. The van der Waals surface area contributed by atoms with E-state index in [2.05, 4.69) is 4.98 Å². The van der Waals surface area contributed by atoms with Crippen LogP contribution >= 0.6 is 0 Å². The van der Waals surface area contributed by atoms with Gasteiger partial charge in [0.05, 0.1) is 11.1 Å². The number of piperazine rings is 1. The van der Waals surface area contributed by atoms with Crippen LogP contribution in [0, 0.1) is 12.7 Å². The van der Waals surface area contributed by atoms with Gasteiger partial charge in [0.25, 0.3) is 5.91 Å². The van der Waals surface area contributed by atoms with Crippen molar-refractivity contribution < 1.29 is 14.0 Å². The molecule has 0 saturated carbocycles. The molecule has 0 bridgehead atoms. The topological polar surface area (TPSA) is 53.5 Å². The molecule has 1 saturated heterocycles. The van der Waals surface area contributed by atoms with E-state index in [9.17, 15) is 14.0 Å². The summed E-state index contributed by atoms with van der Waals surface area (Å²) in [6.45, 7) is 4.36. The lowest BCUT2D eigenvalue weighted by Gasteiger charge is -2.39. The van der Waals surface area contributed by atoms with Crippen molar-refractivity contribution in [3.8, 4) is 0 Å². The van der Waals surface area contributed by atoms with Gasteiger partial charge in [0, 0.05) is 35.9 Å². The van der Waals surface area contributed by atoms with E-state index in [0.29, 0.717) is 35.2 Å². The average Bonchev–Trinajstić information content (AvgIpc) is 2.69. The zero-order chi connectivity index (χ0) is 19.8. The van der Waals surface area contributed by atoms with Crippen LogP contribution in [-0.4, -0.2) is 40.8 Å². The summed E-state index contributed by atoms with van der Waals surface area (Å²) in [4.78, 5) is 33.8. The predicted molar refractivity (Wildman–Crippen MR) is 106 cm³/mol. The third-order valence-corrected chi connectivity index (χ3v) is 5.11. The molecule has 2 aromatic carbocycles. The first-order valence-electron chi connectivity index (χ1n) is 9.20. The van der Waals surface area contributed by atoms with Crippen LogP contribution in [0.1, 0.15) is 23.0 Å². The van der Waals surface area contributed by atoms with Gasteiger partial charge in [-0.25, -0.2) is 4.39 Å². The SMILES string of the molecule is Cc1cc(C(=O)N2CCN(c3ccccc3)C(=O)[C@@H]2C)c2ccc(F)cc2n1. The average molecular weight is 377 g/mol. The Hall–Kier alpha value is -3.28. The molecule has 142 valence electrons. The second kappa shape index (κ2) is 7.03. The molecule has 3 aromatic rings. The van der Waals surface area contributed by atoms with E-state index >= 15 is 0 Å². The number of anilines is 1. The fourth-order valence-electron chi connectivity index (χ4n) is 3.68. The molecule has 0 unspecified atom stereocenters. The van der Waals surface area contributed by atoms with E-state index in [1.165, 1.54) is 12.1 Å². The molecular formula is C22H20FN3O2. The van der Waals surface area contributed by atoms with E-state index in [4.69, 9.17) is 0 Å². The molecule has 6 heteroatoms.